The fourth-order valence-electron chi connectivity index (χ4n) is 4.71. The Bertz CT molecular complexity index is 1220. The third-order valence-electron chi connectivity index (χ3n) is 6.23. The van der Waals surface area contributed by atoms with Crippen LogP contribution in [-0.2, 0) is 16.0 Å². The molecule has 0 radical (unpaired) electrons. The summed E-state index contributed by atoms with van der Waals surface area (Å²) in [7, 11) is 1.36. The van der Waals surface area contributed by atoms with Crippen molar-refractivity contribution in [2.45, 2.75) is 57.8 Å². The number of ether oxygens (including phenoxy) is 2. The van der Waals surface area contributed by atoms with Crippen molar-refractivity contribution in [1.82, 2.24) is 0 Å². The molecule has 2 aliphatic carbocycles. The van der Waals surface area contributed by atoms with E-state index in [0.717, 1.165) is 0 Å². The molecule has 2 aromatic rings. The predicted molar refractivity (Wildman–Crippen MR) is 117 cm³/mol. The van der Waals surface area contributed by atoms with Crippen LogP contribution in [0.4, 0.5) is 0 Å². The van der Waals surface area contributed by atoms with Gasteiger partial charge in [0, 0.05) is 29.5 Å². The first-order chi connectivity index (χ1) is 15.3. The van der Waals surface area contributed by atoms with E-state index in [0.29, 0.717) is 0 Å². The summed E-state index contributed by atoms with van der Waals surface area (Å²) in [6.45, 7) is 6.52. The van der Waals surface area contributed by atoms with Gasteiger partial charge in [0.2, 0.25) is 5.78 Å². The number of carbonyl (C=O) groups is 3. The number of hydrogen-bond donors (Lipinski definition) is 3. The van der Waals surface area contributed by atoms with E-state index >= 15 is 0 Å². The predicted octanol–water partition coefficient (Wildman–Crippen LogP) is 3.00. The quantitative estimate of drug-likeness (QED) is 0.515. The Morgan fingerprint density at radius 3 is 2.27 bits per heavy atom. The van der Waals surface area contributed by atoms with Gasteiger partial charge in [-0.15, -0.1) is 0 Å². The molecule has 0 bridgehead atoms. The standard InChI is InChI=1S/C25H26O8/c1-11(26)25(31)9-13-17(15(10-25)33-24(2,3)4)23(30)19-18(21(13)28)20(27)12-7-6-8-14(32-5)16(12)22(19)29/h6-8,15,28,30-31H,9-10H2,1-5H3/t15-,25-/m0/s1. The number of hydrogen-bond acceptors (Lipinski definition) is 8. The van der Waals surface area contributed by atoms with Gasteiger partial charge in [-0.2, -0.15) is 0 Å². The van der Waals surface area contributed by atoms with Crippen LogP contribution in [0.1, 0.15) is 83.2 Å². The summed E-state index contributed by atoms with van der Waals surface area (Å²) in [4.78, 5) is 39.1. The van der Waals surface area contributed by atoms with Gasteiger partial charge in [-0.3, -0.25) is 14.4 Å². The van der Waals surface area contributed by atoms with Gasteiger partial charge in [-0.05, 0) is 33.8 Å². The molecule has 0 heterocycles. The number of phenolic OH excluding ortho intramolecular Hbond substituents is 2. The normalized spacial score (nSPS) is 21.8. The van der Waals surface area contributed by atoms with Crippen LogP contribution >= 0.6 is 0 Å². The first-order valence-electron chi connectivity index (χ1n) is 10.6. The molecular formula is C25H26O8. The average molecular weight is 454 g/mol. The summed E-state index contributed by atoms with van der Waals surface area (Å²) in [5.74, 6) is -2.76. The molecule has 8 heteroatoms. The molecule has 0 fully saturated rings. The zero-order valence-electron chi connectivity index (χ0n) is 19.1. The lowest BCUT2D eigenvalue weighted by atomic mass is 9.72. The Labute approximate surface area is 190 Å². The summed E-state index contributed by atoms with van der Waals surface area (Å²) >= 11 is 0. The molecule has 0 aromatic heterocycles. The zero-order chi connectivity index (χ0) is 24.5. The number of aliphatic hydroxyl groups is 1. The van der Waals surface area contributed by atoms with Gasteiger partial charge in [-0.1, -0.05) is 12.1 Å². The van der Waals surface area contributed by atoms with Gasteiger partial charge >= 0.3 is 0 Å². The van der Waals surface area contributed by atoms with Crippen LogP contribution in [-0.4, -0.2) is 51.0 Å². The lowest BCUT2D eigenvalue weighted by Gasteiger charge is -2.40. The van der Waals surface area contributed by atoms with Crippen LogP contribution in [0.5, 0.6) is 17.2 Å². The molecule has 4 rings (SSSR count). The van der Waals surface area contributed by atoms with Crippen molar-refractivity contribution in [3.8, 4) is 17.2 Å². The fraction of sp³-hybridized carbons (Fsp3) is 0.400. The molecule has 2 aromatic carbocycles. The van der Waals surface area contributed by atoms with Crippen LogP contribution in [0.2, 0.25) is 0 Å². The molecular weight excluding hydrogens is 428 g/mol. The van der Waals surface area contributed by atoms with Crippen LogP contribution in [0.3, 0.4) is 0 Å². The number of phenols is 2. The number of aromatic hydroxyl groups is 2. The highest BCUT2D eigenvalue weighted by atomic mass is 16.5. The van der Waals surface area contributed by atoms with E-state index in [1.165, 1.54) is 26.2 Å². The number of fused-ring (bicyclic) bond motifs is 3. The number of Topliss-reactive ketones (excluding diaryl/α,β-unsaturated/α-hetero) is 1. The average Bonchev–Trinajstić information content (AvgIpc) is 2.72. The second-order valence-corrected chi connectivity index (χ2v) is 9.57. The van der Waals surface area contributed by atoms with Crippen LogP contribution in [0.15, 0.2) is 18.2 Å². The summed E-state index contributed by atoms with van der Waals surface area (Å²) in [6, 6.07) is 4.52. The molecule has 0 unspecified atom stereocenters. The number of rotatable bonds is 3. The third kappa shape index (κ3) is 3.41. The second kappa shape index (κ2) is 7.40. The van der Waals surface area contributed by atoms with Gasteiger partial charge in [0.1, 0.15) is 22.8 Å². The molecule has 0 saturated carbocycles. The summed E-state index contributed by atoms with van der Waals surface area (Å²) in [5.41, 5.74) is -3.20. The van der Waals surface area contributed by atoms with Gasteiger partial charge in [0.15, 0.2) is 11.6 Å². The minimum atomic E-state index is -1.87. The fourth-order valence-corrected chi connectivity index (χ4v) is 4.71. The molecule has 0 amide bonds. The molecule has 8 nitrogen and oxygen atoms in total. The topological polar surface area (TPSA) is 130 Å². The molecule has 3 N–H and O–H groups in total. The molecule has 0 spiro atoms. The number of ketones is 3. The Morgan fingerprint density at radius 2 is 1.70 bits per heavy atom. The maximum Gasteiger partial charge on any atom is 0.202 e. The van der Waals surface area contributed by atoms with Crippen molar-refractivity contribution >= 4 is 17.3 Å². The molecule has 0 aliphatic heterocycles. The van der Waals surface area contributed by atoms with Crippen molar-refractivity contribution < 1.29 is 39.2 Å². The van der Waals surface area contributed by atoms with E-state index < -0.39 is 46.2 Å². The van der Waals surface area contributed by atoms with E-state index in [9.17, 15) is 29.7 Å². The van der Waals surface area contributed by atoms with Crippen molar-refractivity contribution in [3.05, 3.63) is 51.6 Å². The van der Waals surface area contributed by atoms with E-state index in [1.54, 1.807) is 26.8 Å². The van der Waals surface area contributed by atoms with Gasteiger partial charge < -0.3 is 24.8 Å². The van der Waals surface area contributed by atoms with Crippen LogP contribution in [0.25, 0.3) is 0 Å². The van der Waals surface area contributed by atoms with Crippen LogP contribution < -0.4 is 4.74 Å². The minimum Gasteiger partial charge on any atom is -0.507 e. The van der Waals surface area contributed by atoms with Crippen molar-refractivity contribution in [1.29, 1.82) is 0 Å². The van der Waals surface area contributed by atoms with E-state index in [1.807, 2.05) is 0 Å². The summed E-state index contributed by atoms with van der Waals surface area (Å²) < 4.78 is 11.3. The smallest absolute Gasteiger partial charge is 0.202 e. The highest BCUT2D eigenvalue weighted by Gasteiger charge is 2.48. The Balaban J connectivity index is 2.04. The van der Waals surface area contributed by atoms with Crippen molar-refractivity contribution in [2.24, 2.45) is 0 Å². The lowest BCUT2D eigenvalue weighted by molar-refractivity contribution is -0.147. The minimum absolute atomic E-state index is 0.00325. The number of methoxy groups -OCH3 is 1. The van der Waals surface area contributed by atoms with Crippen LogP contribution in [0, 0.1) is 0 Å². The Hall–Kier alpha value is -3.23. The zero-order valence-corrected chi connectivity index (χ0v) is 19.1. The second-order valence-electron chi connectivity index (χ2n) is 9.57. The van der Waals surface area contributed by atoms with Crippen molar-refractivity contribution in [2.75, 3.05) is 7.11 Å². The maximum atomic E-state index is 13.5. The van der Waals surface area contributed by atoms with Gasteiger partial charge in [0.25, 0.3) is 0 Å². The molecule has 174 valence electrons. The Morgan fingerprint density at radius 1 is 1.06 bits per heavy atom. The number of carbonyl (C=O) groups excluding carboxylic acids is 3. The SMILES string of the molecule is COc1cccc2c1C(=O)c1c(O)c3c(c(O)c1C2=O)C[C@@](O)(C(C)=O)C[C@@H]3OC(C)(C)C. The van der Waals surface area contributed by atoms with E-state index in [4.69, 9.17) is 9.47 Å². The monoisotopic (exact) mass is 454 g/mol. The van der Waals surface area contributed by atoms with E-state index in [2.05, 4.69) is 0 Å². The highest BCUT2D eigenvalue weighted by molar-refractivity contribution is 6.31. The summed E-state index contributed by atoms with van der Waals surface area (Å²) in [5, 5.41) is 33.5. The largest absolute Gasteiger partial charge is 0.507 e. The third-order valence-corrected chi connectivity index (χ3v) is 6.23. The maximum absolute atomic E-state index is 13.5. The molecule has 0 saturated heterocycles. The van der Waals surface area contributed by atoms with Gasteiger partial charge in [0.05, 0.1) is 35.5 Å². The van der Waals surface area contributed by atoms with Gasteiger partial charge in [-0.25, -0.2) is 0 Å². The van der Waals surface area contributed by atoms with E-state index in [-0.39, 0.29) is 52.0 Å². The first kappa shape index (κ1) is 22.9. The molecule has 33 heavy (non-hydrogen) atoms. The molecule has 2 atom stereocenters. The number of benzene rings is 2. The van der Waals surface area contributed by atoms with Crippen molar-refractivity contribution in [3.63, 3.8) is 0 Å². The lowest BCUT2D eigenvalue weighted by Crippen LogP contribution is -2.45. The summed E-state index contributed by atoms with van der Waals surface area (Å²) in [6.07, 6.45) is -1.53. The highest BCUT2D eigenvalue weighted by Crippen LogP contribution is 2.52. The first-order valence-corrected chi connectivity index (χ1v) is 10.6. The Kier molecular flexibility index (Phi) is 5.14. The molecule has 2 aliphatic rings.